The van der Waals surface area contributed by atoms with E-state index in [1.54, 1.807) is 0 Å². The minimum absolute atomic E-state index is 0.565. The summed E-state index contributed by atoms with van der Waals surface area (Å²) in [6.45, 7) is 0. The van der Waals surface area contributed by atoms with Gasteiger partial charge in [0.05, 0.1) is 39.3 Å². The van der Waals surface area contributed by atoms with Crippen LogP contribution in [0.2, 0.25) is 0 Å². The molecule has 0 unspecified atom stereocenters. The maximum absolute atomic E-state index is 9.65. The molecule has 1 aliphatic heterocycles. The summed E-state index contributed by atoms with van der Waals surface area (Å²) in [5.74, 6) is 1.77. The molecule has 0 fully saturated rings. The van der Waals surface area contributed by atoms with E-state index in [-0.39, 0.29) is 0 Å². The Kier molecular flexibility index (Phi) is 6.97. The van der Waals surface area contributed by atoms with E-state index in [4.69, 9.17) is 9.72 Å². The highest BCUT2D eigenvalue weighted by molar-refractivity contribution is 6.14. The van der Waals surface area contributed by atoms with E-state index in [0.29, 0.717) is 5.56 Å². The lowest BCUT2D eigenvalue weighted by Gasteiger charge is -2.39. The fourth-order valence-corrected chi connectivity index (χ4v) is 10.5. The van der Waals surface area contributed by atoms with Crippen LogP contribution in [0.1, 0.15) is 27.8 Å². The number of rotatable bonds is 3. The molecule has 2 aliphatic rings. The fraction of sp³-hybridized carbons (Fsp3) is 0.0175. The van der Waals surface area contributed by atoms with E-state index in [1.165, 1.54) is 27.6 Å². The first-order valence-corrected chi connectivity index (χ1v) is 20.7. The quantitative estimate of drug-likeness (QED) is 0.168. The normalized spacial score (nSPS) is 13.2. The number of hydrogen-bond acceptors (Lipinski definition) is 3. The van der Waals surface area contributed by atoms with Gasteiger partial charge in [-0.05, 0) is 105 Å². The average Bonchev–Trinajstić information content (AvgIpc) is 3.80. The van der Waals surface area contributed by atoms with E-state index < -0.39 is 5.41 Å². The number of pyridine rings is 1. The van der Waals surface area contributed by atoms with E-state index >= 15 is 0 Å². The van der Waals surface area contributed by atoms with Crippen molar-refractivity contribution in [3.05, 3.63) is 228 Å². The van der Waals surface area contributed by atoms with Crippen molar-refractivity contribution in [3.63, 3.8) is 0 Å². The second-order valence-corrected chi connectivity index (χ2v) is 16.1. The zero-order valence-electron chi connectivity index (χ0n) is 32.8. The van der Waals surface area contributed by atoms with Crippen LogP contribution in [0.4, 0.5) is 0 Å². The van der Waals surface area contributed by atoms with Gasteiger partial charge in [0.25, 0.3) is 0 Å². The van der Waals surface area contributed by atoms with Gasteiger partial charge in [0.15, 0.2) is 0 Å². The fourth-order valence-electron chi connectivity index (χ4n) is 10.5. The highest BCUT2D eigenvalue weighted by Crippen LogP contribution is 2.62. The number of ether oxygens (including phenoxy) is 1. The van der Waals surface area contributed by atoms with Gasteiger partial charge in [0.2, 0.25) is 0 Å². The molecule has 61 heavy (non-hydrogen) atoms. The van der Waals surface area contributed by atoms with Gasteiger partial charge in [0.1, 0.15) is 11.5 Å². The topological polar surface area (TPSA) is 50.8 Å². The van der Waals surface area contributed by atoms with Gasteiger partial charge in [-0.3, -0.25) is 0 Å². The van der Waals surface area contributed by atoms with Gasteiger partial charge in [-0.25, -0.2) is 4.98 Å². The van der Waals surface area contributed by atoms with Crippen molar-refractivity contribution in [2.24, 2.45) is 0 Å². The van der Waals surface area contributed by atoms with Gasteiger partial charge in [0, 0.05) is 43.9 Å². The molecule has 2 aromatic heterocycles. The lowest BCUT2D eigenvalue weighted by molar-refractivity contribution is 0.436. The number of para-hydroxylation sites is 3. The highest BCUT2D eigenvalue weighted by atomic mass is 16.5. The molecule has 0 N–H and O–H groups in total. The van der Waals surface area contributed by atoms with Crippen molar-refractivity contribution < 1.29 is 4.74 Å². The molecule has 4 heteroatoms. The van der Waals surface area contributed by atoms with Crippen LogP contribution in [0.3, 0.4) is 0 Å². The summed E-state index contributed by atoms with van der Waals surface area (Å²) in [4.78, 5) is 5.51. The summed E-state index contributed by atoms with van der Waals surface area (Å²) in [6, 6.07) is 73.6. The molecule has 0 saturated carbocycles. The number of fused-ring (bicyclic) bond motifs is 15. The zero-order valence-corrected chi connectivity index (χ0v) is 32.8. The van der Waals surface area contributed by atoms with Crippen molar-refractivity contribution in [1.29, 1.82) is 5.26 Å². The Bertz CT molecular complexity index is 3640. The van der Waals surface area contributed by atoms with Crippen molar-refractivity contribution in [2.75, 3.05) is 0 Å². The van der Waals surface area contributed by atoms with Gasteiger partial charge in [-0.1, -0.05) is 133 Å². The molecular weight excluding hydrogens is 743 g/mol. The van der Waals surface area contributed by atoms with E-state index in [9.17, 15) is 5.26 Å². The summed E-state index contributed by atoms with van der Waals surface area (Å²) in [6.07, 6.45) is 0. The third kappa shape index (κ3) is 4.66. The largest absolute Gasteiger partial charge is 0.457 e. The lowest BCUT2D eigenvalue weighted by atomic mass is 9.66. The maximum atomic E-state index is 9.65. The Morgan fingerprint density at radius 1 is 0.443 bits per heavy atom. The molecule has 0 radical (unpaired) electrons. The van der Waals surface area contributed by atoms with E-state index in [2.05, 4.69) is 199 Å². The van der Waals surface area contributed by atoms with Gasteiger partial charge >= 0.3 is 0 Å². The molecule has 1 aliphatic carbocycles. The molecule has 282 valence electrons. The van der Waals surface area contributed by atoms with Crippen LogP contribution in [0.15, 0.2) is 200 Å². The predicted octanol–water partition coefficient (Wildman–Crippen LogP) is 14.2. The summed E-state index contributed by atoms with van der Waals surface area (Å²) in [5.41, 5.74) is 15.8. The molecule has 0 amide bonds. The number of benzene rings is 9. The third-order valence-corrected chi connectivity index (χ3v) is 13.1. The van der Waals surface area contributed by atoms with Crippen LogP contribution in [0, 0.1) is 11.3 Å². The van der Waals surface area contributed by atoms with Crippen LogP contribution in [0.5, 0.6) is 11.5 Å². The van der Waals surface area contributed by atoms with Crippen molar-refractivity contribution >= 4 is 43.5 Å². The van der Waals surface area contributed by atoms with E-state index in [0.717, 1.165) is 88.8 Å². The Morgan fingerprint density at radius 2 is 1.11 bits per heavy atom. The molecule has 3 heterocycles. The number of nitrogens with zero attached hydrogens (tertiary/aromatic N) is 3. The minimum atomic E-state index is -0.565. The van der Waals surface area contributed by atoms with Crippen LogP contribution >= 0.6 is 0 Å². The zero-order chi connectivity index (χ0) is 40.2. The smallest absolute Gasteiger partial charge is 0.132 e. The Labute approximate surface area is 351 Å². The Balaban J connectivity index is 1.03. The van der Waals surface area contributed by atoms with Crippen LogP contribution < -0.4 is 4.74 Å². The summed E-state index contributed by atoms with van der Waals surface area (Å²) < 4.78 is 8.92. The van der Waals surface area contributed by atoms with Crippen molar-refractivity contribution in [1.82, 2.24) is 9.55 Å². The van der Waals surface area contributed by atoms with Gasteiger partial charge in [-0.15, -0.1) is 0 Å². The second-order valence-electron chi connectivity index (χ2n) is 16.1. The van der Waals surface area contributed by atoms with Crippen LogP contribution in [-0.4, -0.2) is 9.55 Å². The highest BCUT2D eigenvalue weighted by Gasteiger charge is 2.51. The molecule has 13 rings (SSSR count). The average molecular weight is 776 g/mol. The maximum Gasteiger partial charge on any atom is 0.132 e. The molecule has 1 spiro atoms. The van der Waals surface area contributed by atoms with Crippen LogP contribution in [-0.2, 0) is 5.41 Å². The molecule has 4 nitrogen and oxygen atoms in total. The van der Waals surface area contributed by atoms with Crippen molar-refractivity contribution in [2.45, 2.75) is 5.41 Å². The molecule has 9 aromatic carbocycles. The predicted molar refractivity (Wildman–Crippen MR) is 247 cm³/mol. The monoisotopic (exact) mass is 775 g/mol. The molecule has 0 atom stereocenters. The van der Waals surface area contributed by atoms with Crippen molar-refractivity contribution in [3.8, 4) is 56.8 Å². The minimum Gasteiger partial charge on any atom is -0.457 e. The third-order valence-electron chi connectivity index (χ3n) is 13.1. The molecule has 11 aromatic rings. The van der Waals surface area contributed by atoms with Gasteiger partial charge in [-0.2, -0.15) is 5.26 Å². The second kappa shape index (κ2) is 12.6. The first-order chi connectivity index (χ1) is 30.2. The standard InChI is InChI=1S/C57H33N3O/c58-34-35-22-29-53-45(30-35)42-15-5-9-19-52(42)60(53)39-26-23-36(24-27-39)38-25-28-41-43-33-50-44(32-46(43)56(59-51(41)31-38)37-12-2-1-3-13-37)40-14-4-6-16-47(40)57(50)48-17-7-10-20-54(48)61-55-21-11-8-18-49(55)57/h1-33H. The molecule has 0 saturated heterocycles. The SMILES string of the molecule is N#Cc1ccc2c(c1)c1ccccc1n2-c1ccc(-c2ccc3c(c2)nc(-c2ccccc2)c2cc4c(cc23)C2(c3ccccc3Oc3ccccc32)c2ccccc2-4)cc1. The lowest BCUT2D eigenvalue weighted by Crippen LogP contribution is -2.32. The first-order valence-electron chi connectivity index (χ1n) is 20.7. The van der Waals surface area contributed by atoms with Crippen LogP contribution in [0.25, 0.3) is 82.7 Å². The number of nitriles is 1. The Morgan fingerprint density at radius 3 is 1.90 bits per heavy atom. The molecular formula is C57H33N3O. The molecule has 0 bridgehead atoms. The number of aromatic nitrogens is 2. The summed E-state index contributed by atoms with van der Waals surface area (Å²) in [5, 5.41) is 15.3. The summed E-state index contributed by atoms with van der Waals surface area (Å²) in [7, 11) is 0. The first kappa shape index (κ1) is 33.7. The number of hydrogen-bond donors (Lipinski definition) is 0. The summed E-state index contributed by atoms with van der Waals surface area (Å²) >= 11 is 0. The van der Waals surface area contributed by atoms with Gasteiger partial charge < -0.3 is 9.30 Å². The Hall–Kier alpha value is -8.26. The van der Waals surface area contributed by atoms with E-state index in [1.807, 2.05) is 12.1 Å².